The average molecular weight is 385 g/mol. The SMILES string of the molecule is CC(C)(C)n1nc(C(F)(F)F)c2c(-c3cccc(C4(C#N)CC4)c3)ncnc21. The fraction of sp³-hybridized carbons (Fsp3) is 0.400. The predicted molar refractivity (Wildman–Crippen MR) is 97.3 cm³/mol. The summed E-state index contributed by atoms with van der Waals surface area (Å²) in [4.78, 5) is 8.27. The summed E-state index contributed by atoms with van der Waals surface area (Å²) in [7, 11) is 0. The van der Waals surface area contributed by atoms with Crippen LogP contribution in [0.1, 0.15) is 44.9 Å². The molecule has 0 bridgehead atoms. The van der Waals surface area contributed by atoms with Gasteiger partial charge < -0.3 is 0 Å². The summed E-state index contributed by atoms with van der Waals surface area (Å²) in [6.07, 6.45) is -1.88. The lowest BCUT2D eigenvalue weighted by Gasteiger charge is -2.19. The van der Waals surface area contributed by atoms with Crippen LogP contribution in [-0.4, -0.2) is 19.7 Å². The molecular formula is C20H18F3N5. The predicted octanol–water partition coefficient (Wildman–Crippen LogP) is 4.82. The lowest BCUT2D eigenvalue weighted by Crippen LogP contribution is -2.24. The van der Waals surface area contributed by atoms with Gasteiger partial charge in [-0.15, -0.1) is 0 Å². The van der Waals surface area contributed by atoms with E-state index in [1.165, 1.54) is 11.0 Å². The molecular weight excluding hydrogens is 367 g/mol. The molecule has 1 aliphatic rings. The Balaban J connectivity index is 2.01. The van der Waals surface area contributed by atoms with Crippen LogP contribution < -0.4 is 0 Å². The van der Waals surface area contributed by atoms with Crippen LogP contribution in [0.15, 0.2) is 30.6 Å². The number of hydrogen-bond acceptors (Lipinski definition) is 4. The Kier molecular flexibility index (Phi) is 3.80. The van der Waals surface area contributed by atoms with Gasteiger partial charge in [0, 0.05) is 5.56 Å². The summed E-state index contributed by atoms with van der Waals surface area (Å²) >= 11 is 0. The van der Waals surface area contributed by atoms with Gasteiger partial charge in [0.25, 0.3) is 0 Å². The molecule has 1 aromatic carbocycles. The van der Waals surface area contributed by atoms with Crippen molar-refractivity contribution in [1.29, 1.82) is 5.26 Å². The highest BCUT2D eigenvalue weighted by molar-refractivity contribution is 5.93. The number of rotatable bonds is 2. The molecule has 0 saturated heterocycles. The van der Waals surface area contributed by atoms with Crippen molar-refractivity contribution in [2.45, 2.75) is 50.7 Å². The van der Waals surface area contributed by atoms with E-state index < -0.39 is 22.8 Å². The third kappa shape index (κ3) is 2.82. The maximum absolute atomic E-state index is 13.8. The van der Waals surface area contributed by atoms with Crippen LogP contribution in [0, 0.1) is 11.3 Å². The summed E-state index contributed by atoms with van der Waals surface area (Å²) in [5.41, 5.74) is -0.597. The zero-order valence-corrected chi connectivity index (χ0v) is 15.7. The second-order valence-electron chi connectivity index (χ2n) is 8.12. The molecule has 144 valence electrons. The monoisotopic (exact) mass is 385 g/mol. The van der Waals surface area contributed by atoms with Gasteiger partial charge in [-0.05, 0) is 45.2 Å². The van der Waals surface area contributed by atoms with Gasteiger partial charge >= 0.3 is 6.18 Å². The number of nitrogens with zero attached hydrogens (tertiary/aromatic N) is 5. The van der Waals surface area contributed by atoms with Gasteiger partial charge in [0.2, 0.25) is 0 Å². The molecule has 2 heterocycles. The van der Waals surface area contributed by atoms with Crippen molar-refractivity contribution in [2.75, 3.05) is 0 Å². The van der Waals surface area contributed by atoms with Crippen LogP contribution in [0.4, 0.5) is 13.2 Å². The molecule has 0 amide bonds. The fourth-order valence-corrected chi connectivity index (χ4v) is 3.39. The van der Waals surface area contributed by atoms with Crippen molar-refractivity contribution < 1.29 is 13.2 Å². The summed E-state index contributed by atoms with van der Waals surface area (Å²) in [5, 5.41) is 13.2. The molecule has 0 unspecified atom stereocenters. The standard InChI is InChI=1S/C20H18F3N5/c1-18(2,3)28-17-14(16(27-28)20(21,22)23)15(25-11-26-17)12-5-4-6-13(9-12)19(10-24)7-8-19/h4-6,9,11H,7-8H2,1-3H3. The van der Waals surface area contributed by atoms with Crippen LogP contribution in [0.3, 0.4) is 0 Å². The van der Waals surface area contributed by atoms with Crippen molar-refractivity contribution in [3.8, 4) is 17.3 Å². The highest BCUT2D eigenvalue weighted by Gasteiger charge is 2.45. The van der Waals surface area contributed by atoms with Crippen LogP contribution in [0.2, 0.25) is 0 Å². The van der Waals surface area contributed by atoms with E-state index in [4.69, 9.17) is 0 Å². The molecule has 0 radical (unpaired) electrons. The number of benzene rings is 1. The van der Waals surface area contributed by atoms with E-state index in [-0.39, 0.29) is 16.7 Å². The minimum atomic E-state index is -4.64. The minimum absolute atomic E-state index is 0.121. The molecule has 0 N–H and O–H groups in total. The summed E-state index contributed by atoms with van der Waals surface area (Å²) in [5.74, 6) is 0. The van der Waals surface area contributed by atoms with E-state index in [0.29, 0.717) is 5.56 Å². The molecule has 1 fully saturated rings. The van der Waals surface area contributed by atoms with E-state index >= 15 is 0 Å². The van der Waals surface area contributed by atoms with E-state index in [1.54, 1.807) is 39.0 Å². The van der Waals surface area contributed by atoms with Crippen LogP contribution in [0.5, 0.6) is 0 Å². The van der Waals surface area contributed by atoms with Gasteiger partial charge in [0.05, 0.1) is 28.1 Å². The number of alkyl halides is 3. The lowest BCUT2D eigenvalue weighted by molar-refractivity contribution is -0.140. The first-order valence-electron chi connectivity index (χ1n) is 8.90. The Hall–Kier alpha value is -2.95. The molecule has 0 spiro atoms. The van der Waals surface area contributed by atoms with Crippen LogP contribution in [-0.2, 0) is 17.1 Å². The summed E-state index contributed by atoms with van der Waals surface area (Å²) in [6.45, 7) is 5.31. The second-order valence-corrected chi connectivity index (χ2v) is 8.12. The number of nitriles is 1. The number of hydrogen-bond donors (Lipinski definition) is 0. The van der Waals surface area contributed by atoms with Crippen molar-refractivity contribution >= 4 is 11.0 Å². The molecule has 4 rings (SSSR count). The molecule has 2 aromatic heterocycles. The van der Waals surface area contributed by atoms with E-state index in [9.17, 15) is 18.4 Å². The number of fused-ring (bicyclic) bond motifs is 1. The largest absolute Gasteiger partial charge is 0.435 e. The Morgan fingerprint density at radius 1 is 1.14 bits per heavy atom. The molecule has 0 aliphatic heterocycles. The first kappa shape index (κ1) is 18.4. The van der Waals surface area contributed by atoms with Gasteiger partial charge in [0.1, 0.15) is 6.33 Å². The third-order valence-corrected chi connectivity index (χ3v) is 5.02. The Morgan fingerprint density at radius 3 is 2.43 bits per heavy atom. The first-order chi connectivity index (χ1) is 13.1. The smallest absolute Gasteiger partial charge is 0.241 e. The zero-order chi connectivity index (χ0) is 20.3. The van der Waals surface area contributed by atoms with Crippen LogP contribution in [0.25, 0.3) is 22.3 Å². The van der Waals surface area contributed by atoms with Gasteiger partial charge in [-0.1, -0.05) is 18.2 Å². The quantitative estimate of drug-likeness (QED) is 0.634. The van der Waals surface area contributed by atoms with Crippen LogP contribution >= 0.6 is 0 Å². The Labute approximate surface area is 159 Å². The van der Waals surface area contributed by atoms with E-state index in [2.05, 4.69) is 21.1 Å². The van der Waals surface area contributed by atoms with Gasteiger partial charge in [-0.2, -0.15) is 23.5 Å². The maximum atomic E-state index is 13.8. The van der Waals surface area contributed by atoms with Gasteiger partial charge in [-0.25, -0.2) is 14.6 Å². The topological polar surface area (TPSA) is 67.4 Å². The van der Waals surface area contributed by atoms with Crippen molar-refractivity contribution in [1.82, 2.24) is 19.7 Å². The number of halogens is 3. The molecule has 28 heavy (non-hydrogen) atoms. The molecule has 3 aromatic rings. The Bertz CT molecular complexity index is 1110. The minimum Gasteiger partial charge on any atom is -0.241 e. The lowest BCUT2D eigenvalue weighted by atomic mass is 9.94. The molecule has 1 aliphatic carbocycles. The highest BCUT2D eigenvalue weighted by Crippen LogP contribution is 2.48. The first-order valence-corrected chi connectivity index (χ1v) is 8.90. The molecule has 0 atom stereocenters. The normalized spacial score (nSPS) is 16.2. The zero-order valence-electron chi connectivity index (χ0n) is 15.7. The van der Waals surface area contributed by atoms with Crippen molar-refractivity contribution in [3.63, 3.8) is 0 Å². The second kappa shape index (κ2) is 5.77. The maximum Gasteiger partial charge on any atom is 0.435 e. The Morgan fingerprint density at radius 2 is 1.86 bits per heavy atom. The van der Waals surface area contributed by atoms with E-state index in [0.717, 1.165) is 18.4 Å². The molecule has 1 saturated carbocycles. The third-order valence-electron chi connectivity index (χ3n) is 5.02. The molecule has 5 nitrogen and oxygen atoms in total. The average Bonchev–Trinajstić information content (AvgIpc) is 3.31. The highest BCUT2D eigenvalue weighted by atomic mass is 19.4. The van der Waals surface area contributed by atoms with E-state index in [1.807, 2.05) is 6.07 Å². The summed E-state index contributed by atoms with van der Waals surface area (Å²) in [6, 6.07) is 9.36. The molecule has 8 heteroatoms. The van der Waals surface area contributed by atoms with Gasteiger partial charge in [-0.3, -0.25) is 0 Å². The van der Waals surface area contributed by atoms with Crippen molar-refractivity contribution in [3.05, 3.63) is 41.9 Å². The van der Waals surface area contributed by atoms with Gasteiger partial charge in [0.15, 0.2) is 11.3 Å². The fourth-order valence-electron chi connectivity index (χ4n) is 3.39. The summed E-state index contributed by atoms with van der Waals surface area (Å²) < 4.78 is 42.6. The van der Waals surface area contributed by atoms with Crippen molar-refractivity contribution in [2.24, 2.45) is 0 Å². The number of aromatic nitrogens is 4.